The number of hydrogen-bond acceptors (Lipinski definition) is 2. The monoisotopic (exact) mass is 205 g/mol. The van der Waals surface area contributed by atoms with Crippen molar-refractivity contribution in [2.75, 3.05) is 0 Å². The van der Waals surface area contributed by atoms with Crippen molar-refractivity contribution in [3.63, 3.8) is 0 Å². The lowest BCUT2D eigenvalue weighted by atomic mass is 9.90. The van der Waals surface area contributed by atoms with Crippen molar-refractivity contribution in [3.8, 4) is 0 Å². The Hall–Kier alpha value is -0.860. The standard InChI is InChI=1S/C13H19NO/c1-9(2)7-12-13(14)11-6-4-3-5-10(11)8-15-12/h3-6,9,12-13H,7-8,14H2,1-2H3/t12-,13-/m0/s1. The van der Waals surface area contributed by atoms with Gasteiger partial charge >= 0.3 is 0 Å². The number of fused-ring (bicyclic) bond motifs is 1. The first-order valence-electron chi connectivity index (χ1n) is 5.63. The van der Waals surface area contributed by atoms with E-state index >= 15 is 0 Å². The maximum Gasteiger partial charge on any atom is 0.0774 e. The molecule has 0 bridgehead atoms. The van der Waals surface area contributed by atoms with E-state index in [4.69, 9.17) is 10.5 Å². The predicted molar refractivity (Wildman–Crippen MR) is 61.4 cm³/mol. The average Bonchev–Trinajstić information content (AvgIpc) is 2.22. The third-order valence-electron chi connectivity index (χ3n) is 2.97. The molecule has 2 rings (SSSR count). The predicted octanol–water partition coefficient (Wildman–Crippen LogP) is 2.63. The molecule has 1 heterocycles. The van der Waals surface area contributed by atoms with Gasteiger partial charge in [-0.1, -0.05) is 38.1 Å². The van der Waals surface area contributed by atoms with Gasteiger partial charge in [-0.05, 0) is 23.5 Å². The second-order valence-corrected chi connectivity index (χ2v) is 4.70. The Bertz CT molecular complexity index is 335. The molecule has 2 N–H and O–H groups in total. The molecule has 0 unspecified atom stereocenters. The molecule has 0 fully saturated rings. The minimum absolute atomic E-state index is 0.0392. The smallest absolute Gasteiger partial charge is 0.0774 e. The third kappa shape index (κ3) is 2.21. The Kier molecular flexibility index (Phi) is 3.08. The number of nitrogens with two attached hydrogens (primary N) is 1. The van der Waals surface area contributed by atoms with Crippen LogP contribution in [0, 0.1) is 5.92 Å². The zero-order valence-corrected chi connectivity index (χ0v) is 9.44. The molecule has 0 aliphatic carbocycles. The van der Waals surface area contributed by atoms with Crippen LogP contribution in [-0.2, 0) is 11.3 Å². The van der Waals surface area contributed by atoms with Gasteiger partial charge in [0.15, 0.2) is 0 Å². The molecule has 0 aromatic heterocycles. The quantitative estimate of drug-likeness (QED) is 0.805. The molecular formula is C13H19NO. The molecule has 15 heavy (non-hydrogen) atoms. The van der Waals surface area contributed by atoms with Crippen LogP contribution in [0.25, 0.3) is 0 Å². The van der Waals surface area contributed by atoms with Gasteiger partial charge in [-0.25, -0.2) is 0 Å². The second-order valence-electron chi connectivity index (χ2n) is 4.70. The van der Waals surface area contributed by atoms with Crippen molar-refractivity contribution in [2.45, 2.75) is 39.0 Å². The Balaban J connectivity index is 2.18. The van der Waals surface area contributed by atoms with Gasteiger partial charge in [0.25, 0.3) is 0 Å². The Morgan fingerprint density at radius 1 is 1.40 bits per heavy atom. The molecule has 2 nitrogen and oxygen atoms in total. The van der Waals surface area contributed by atoms with E-state index in [0.717, 1.165) is 6.42 Å². The highest BCUT2D eigenvalue weighted by Gasteiger charge is 2.27. The van der Waals surface area contributed by atoms with E-state index in [1.165, 1.54) is 11.1 Å². The first-order chi connectivity index (χ1) is 7.18. The van der Waals surface area contributed by atoms with Crippen LogP contribution in [0.4, 0.5) is 0 Å². The van der Waals surface area contributed by atoms with E-state index in [-0.39, 0.29) is 12.1 Å². The lowest BCUT2D eigenvalue weighted by molar-refractivity contribution is -0.00338. The van der Waals surface area contributed by atoms with Crippen LogP contribution < -0.4 is 5.73 Å². The lowest BCUT2D eigenvalue weighted by Crippen LogP contribution is -2.34. The summed E-state index contributed by atoms with van der Waals surface area (Å²) in [5.74, 6) is 0.631. The summed E-state index contributed by atoms with van der Waals surface area (Å²) in [6.45, 7) is 5.12. The topological polar surface area (TPSA) is 35.2 Å². The molecule has 0 spiro atoms. The maximum atomic E-state index is 6.21. The summed E-state index contributed by atoms with van der Waals surface area (Å²) in [6.07, 6.45) is 1.22. The van der Waals surface area contributed by atoms with E-state index in [1.54, 1.807) is 0 Å². The number of hydrogen-bond donors (Lipinski definition) is 1. The highest BCUT2D eigenvalue weighted by atomic mass is 16.5. The number of benzene rings is 1. The second kappa shape index (κ2) is 4.33. The zero-order chi connectivity index (χ0) is 10.8. The Morgan fingerprint density at radius 2 is 2.13 bits per heavy atom. The van der Waals surface area contributed by atoms with Crippen LogP contribution >= 0.6 is 0 Å². The van der Waals surface area contributed by atoms with Gasteiger partial charge in [0.2, 0.25) is 0 Å². The van der Waals surface area contributed by atoms with Crippen molar-refractivity contribution in [1.82, 2.24) is 0 Å². The molecule has 1 aliphatic heterocycles. The Morgan fingerprint density at radius 3 is 2.87 bits per heavy atom. The van der Waals surface area contributed by atoms with Crippen molar-refractivity contribution in [3.05, 3.63) is 35.4 Å². The molecule has 2 atom stereocenters. The van der Waals surface area contributed by atoms with Crippen molar-refractivity contribution in [1.29, 1.82) is 0 Å². The molecular weight excluding hydrogens is 186 g/mol. The third-order valence-corrected chi connectivity index (χ3v) is 2.97. The van der Waals surface area contributed by atoms with E-state index in [1.807, 2.05) is 6.07 Å². The Labute approximate surface area is 91.4 Å². The first kappa shape index (κ1) is 10.7. The van der Waals surface area contributed by atoms with Gasteiger partial charge in [-0.15, -0.1) is 0 Å². The average molecular weight is 205 g/mol. The van der Waals surface area contributed by atoms with Crippen LogP contribution in [0.1, 0.15) is 37.4 Å². The van der Waals surface area contributed by atoms with E-state index in [0.29, 0.717) is 12.5 Å². The summed E-state index contributed by atoms with van der Waals surface area (Å²) in [5.41, 5.74) is 8.71. The summed E-state index contributed by atoms with van der Waals surface area (Å²) < 4.78 is 5.80. The summed E-state index contributed by atoms with van der Waals surface area (Å²) in [6, 6.07) is 8.35. The summed E-state index contributed by atoms with van der Waals surface area (Å²) in [4.78, 5) is 0. The summed E-state index contributed by atoms with van der Waals surface area (Å²) >= 11 is 0. The molecule has 2 heteroatoms. The summed E-state index contributed by atoms with van der Waals surface area (Å²) in [7, 11) is 0. The molecule has 1 aromatic carbocycles. The minimum Gasteiger partial charge on any atom is -0.372 e. The van der Waals surface area contributed by atoms with Crippen LogP contribution in [0.3, 0.4) is 0 Å². The van der Waals surface area contributed by atoms with Gasteiger partial charge in [-0.2, -0.15) is 0 Å². The van der Waals surface area contributed by atoms with E-state index < -0.39 is 0 Å². The van der Waals surface area contributed by atoms with Crippen LogP contribution in [-0.4, -0.2) is 6.10 Å². The first-order valence-corrected chi connectivity index (χ1v) is 5.63. The molecule has 0 radical (unpaired) electrons. The summed E-state index contributed by atoms with van der Waals surface area (Å²) in [5, 5.41) is 0. The van der Waals surface area contributed by atoms with Crippen LogP contribution in [0.15, 0.2) is 24.3 Å². The minimum atomic E-state index is 0.0392. The van der Waals surface area contributed by atoms with Crippen molar-refractivity contribution < 1.29 is 4.74 Å². The highest BCUT2D eigenvalue weighted by molar-refractivity contribution is 5.31. The normalized spacial score (nSPS) is 25.3. The molecule has 1 aromatic rings. The fraction of sp³-hybridized carbons (Fsp3) is 0.538. The molecule has 0 saturated heterocycles. The fourth-order valence-corrected chi connectivity index (χ4v) is 2.17. The van der Waals surface area contributed by atoms with Gasteiger partial charge < -0.3 is 10.5 Å². The lowest BCUT2D eigenvalue weighted by Gasteiger charge is -2.32. The van der Waals surface area contributed by atoms with Gasteiger partial charge in [0, 0.05) is 0 Å². The van der Waals surface area contributed by atoms with Gasteiger partial charge in [-0.3, -0.25) is 0 Å². The largest absolute Gasteiger partial charge is 0.372 e. The van der Waals surface area contributed by atoms with E-state index in [2.05, 4.69) is 32.0 Å². The fourth-order valence-electron chi connectivity index (χ4n) is 2.17. The SMILES string of the molecule is CC(C)C[C@@H]1OCc2ccccc2[C@@H]1N. The number of ether oxygens (including phenoxy) is 1. The maximum absolute atomic E-state index is 6.21. The van der Waals surface area contributed by atoms with Crippen LogP contribution in [0.5, 0.6) is 0 Å². The van der Waals surface area contributed by atoms with E-state index in [9.17, 15) is 0 Å². The van der Waals surface area contributed by atoms with Crippen molar-refractivity contribution >= 4 is 0 Å². The van der Waals surface area contributed by atoms with Gasteiger partial charge in [0.1, 0.15) is 0 Å². The highest BCUT2D eigenvalue weighted by Crippen LogP contribution is 2.30. The molecule has 0 saturated carbocycles. The van der Waals surface area contributed by atoms with Crippen molar-refractivity contribution in [2.24, 2.45) is 11.7 Å². The molecule has 82 valence electrons. The number of rotatable bonds is 2. The molecule has 0 amide bonds. The van der Waals surface area contributed by atoms with Crippen LogP contribution in [0.2, 0.25) is 0 Å². The van der Waals surface area contributed by atoms with Gasteiger partial charge in [0.05, 0.1) is 18.8 Å². The molecule has 1 aliphatic rings. The zero-order valence-electron chi connectivity index (χ0n) is 9.44.